The summed E-state index contributed by atoms with van der Waals surface area (Å²) in [6, 6.07) is 0.524. The van der Waals surface area contributed by atoms with Gasteiger partial charge in [0.25, 0.3) is 0 Å². The number of aliphatic hydroxyl groups is 1. The molecule has 1 amide bonds. The summed E-state index contributed by atoms with van der Waals surface area (Å²) >= 11 is 0. The number of nitrogens with one attached hydrogen (secondary N) is 1. The summed E-state index contributed by atoms with van der Waals surface area (Å²) in [6.07, 6.45) is 3.24. The van der Waals surface area contributed by atoms with E-state index in [0.29, 0.717) is 12.6 Å². The van der Waals surface area contributed by atoms with Crippen LogP contribution < -0.4 is 5.32 Å². The zero-order chi connectivity index (χ0) is 13.1. The van der Waals surface area contributed by atoms with E-state index in [1.807, 2.05) is 20.8 Å². The normalized spacial score (nSPS) is 26.9. The topological polar surface area (TPSA) is 52.6 Å². The number of piperidine rings is 1. The molecule has 0 bridgehead atoms. The van der Waals surface area contributed by atoms with Gasteiger partial charge in [0.2, 0.25) is 5.91 Å². The van der Waals surface area contributed by atoms with Crippen LogP contribution in [0.15, 0.2) is 0 Å². The van der Waals surface area contributed by atoms with Gasteiger partial charge in [0.1, 0.15) is 0 Å². The second-order valence-corrected chi connectivity index (χ2v) is 6.09. The highest BCUT2D eigenvalue weighted by Gasteiger charge is 2.29. The lowest BCUT2D eigenvalue weighted by Crippen LogP contribution is -2.53. The maximum absolute atomic E-state index is 11.9. The van der Waals surface area contributed by atoms with Crippen molar-refractivity contribution < 1.29 is 9.90 Å². The van der Waals surface area contributed by atoms with Crippen molar-refractivity contribution in [3.8, 4) is 0 Å². The van der Waals surface area contributed by atoms with E-state index in [2.05, 4.69) is 17.1 Å². The Balaban J connectivity index is 2.55. The number of rotatable bonds is 3. The van der Waals surface area contributed by atoms with Crippen LogP contribution in [0.2, 0.25) is 0 Å². The van der Waals surface area contributed by atoms with Gasteiger partial charge in [-0.15, -0.1) is 0 Å². The molecule has 2 N–H and O–H groups in total. The highest BCUT2D eigenvalue weighted by atomic mass is 16.3. The van der Waals surface area contributed by atoms with Crippen LogP contribution in [-0.4, -0.2) is 46.7 Å². The lowest BCUT2D eigenvalue weighted by Gasteiger charge is -2.39. The van der Waals surface area contributed by atoms with E-state index in [1.165, 1.54) is 0 Å². The largest absolute Gasteiger partial charge is 0.395 e. The third kappa shape index (κ3) is 4.64. The molecule has 1 aliphatic rings. The standard InChI is InChI=1S/C13H26N2O2/c1-10-6-5-7-11(9-16)15(10)8-12(17)14-13(2,3)4/h10-11,16H,5-9H2,1-4H3,(H,14,17). The van der Waals surface area contributed by atoms with Gasteiger partial charge in [0, 0.05) is 17.6 Å². The van der Waals surface area contributed by atoms with Crippen molar-refractivity contribution in [1.29, 1.82) is 0 Å². The first-order valence-electron chi connectivity index (χ1n) is 6.51. The smallest absolute Gasteiger partial charge is 0.234 e. The molecular weight excluding hydrogens is 216 g/mol. The van der Waals surface area contributed by atoms with E-state index in [1.54, 1.807) is 0 Å². The quantitative estimate of drug-likeness (QED) is 0.780. The molecule has 0 aliphatic carbocycles. The molecule has 2 atom stereocenters. The molecule has 0 aromatic rings. The van der Waals surface area contributed by atoms with Gasteiger partial charge in [-0.05, 0) is 40.5 Å². The Morgan fingerprint density at radius 3 is 2.59 bits per heavy atom. The van der Waals surface area contributed by atoms with Gasteiger partial charge in [-0.3, -0.25) is 9.69 Å². The summed E-state index contributed by atoms with van der Waals surface area (Å²) in [6.45, 7) is 8.61. The molecular formula is C13H26N2O2. The van der Waals surface area contributed by atoms with Crippen molar-refractivity contribution in [1.82, 2.24) is 10.2 Å². The van der Waals surface area contributed by atoms with E-state index >= 15 is 0 Å². The summed E-state index contributed by atoms with van der Waals surface area (Å²) in [5.41, 5.74) is -0.190. The van der Waals surface area contributed by atoms with E-state index in [4.69, 9.17) is 0 Å². The third-order valence-corrected chi connectivity index (χ3v) is 3.25. The van der Waals surface area contributed by atoms with E-state index < -0.39 is 0 Å². The van der Waals surface area contributed by atoms with Crippen LogP contribution in [0.1, 0.15) is 47.0 Å². The number of carbonyl (C=O) groups excluding carboxylic acids is 1. The fourth-order valence-corrected chi connectivity index (χ4v) is 2.45. The molecule has 1 aliphatic heterocycles. The summed E-state index contributed by atoms with van der Waals surface area (Å²) in [7, 11) is 0. The van der Waals surface area contributed by atoms with E-state index in [0.717, 1.165) is 19.3 Å². The Kier molecular flexibility index (Phi) is 4.95. The highest BCUT2D eigenvalue weighted by molar-refractivity contribution is 5.78. The van der Waals surface area contributed by atoms with Crippen LogP contribution in [0.4, 0.5) is 0 Å². The van der Waals surface area contributed by atoms with Gasteiger partial charge in [-0.25, -0.2) is 0 Å². The molecule has 4 heteroatoms. The molecule has 0 saturated carbocycles. The number of aliphatic hydroxyl groups excluding tert-OH is 1. The molecule has 1 rings (SSSR count). The molecule has 1 heterocycles. The van der Waals surface area contributed by atoms with Crippen molar-refractivity contribution in [2.75, 3.05) is 13.2 Å². The second kappa shape index (κ2) is 5.83. The SMILES string of the molecule is CC1CCCC(CO)N1CC(=O)NC(C)(C)C. The van der Waals surface area contributed by atoms with Crippen molar-refractivity contribution in [3.63, 3.8) is 0 Å². The summed E-state index contributed by atoms with van der Waals surface area (Å²) in [4.78, 5) is 14.0. The molecule has 1 fully saturated rings. The van der Waals surface area contributed by atoms with Crippen LogP contribution in [0, 0.1) is 0 Å². The van der Waals surface area contributed by atoms with Crippen molar-refractivity contribution in [2.45, 2.75) is 64.6 Å². The Hall–Kier alpha value is -0.610. The van der Waals surface area contributed by atoms with Crippen LogP contribution >= 0.6 is 0 Å². The maximum Gasteiger partial charge on any atom is 0.234 e. The minimum Gasteiger partial charge on any atom is -0.395 e. The lowest BCUT2D eigenvalue weighted by molar-refractivity contribution is -0.125. The predicted octanol–water partition coefficient (Wildman–Crippen LogP) is 1.14. The number of hydrogen-bond acceptors (Lipinski definition) is 3. The second-order valence-electron chi connectivity index (χ2n) is 6.09. The number of nitrogens with zero attached hydrogens (tertiary/aromatic N) is 1. The predicted molar refractivity (Wildman–Crippen MR) is 68.8 cm³/mol. The first-order valence-corrected chi connectivity index (χ1v) is 6.51. The van der Waals surface area contributed by atoms with Gasteiger partial charge < -0.3 is 10.4 Å². The monoisotopic (exact) mass is 242 g/mol. The molecule has 17 heavy (non-hydrogen) atoms. The first-order chi connectivity index (χ1) is 7.83. The fourth-order valence-electron chi connectivity index (χ4n) is 2.45. The zero-order valence-corrected chi connectivity index (χ0v) is 11.5. The number of carbonyl (C=O) groups is 1. The summed E-state index contributed by atoms with van der Waals surface area (Å²) in [5, 5.41) is 12.3. The molecule has 2 unspecified atom stereocenters. The van der Waals surface area contributed by atoms with Crippen molar-refractivity contribution in [3.05, 3.63) is 0 Å². The molecule has 4 nitrogen and oxygen atoms in total. The van der Waals surface area contributed by atoms with Crippen LogP contribution in [0.3, 0.4) is 0 Å². The third-order valence-electron chi connectivity index (χ3n) is 3.25. The van der Waals surface area contributed by atoms with Crippen molar-refractivity contribution in [2.24, 2.45) is 0 Å². The first kappa shape index (κ1) is 14.5. The lowest BCUT2D eigenvalue weighted by atomic mass is 9.97. The molecule has 100 valence electrons. The summed E-state index contributed by atoms with van der Waals surface area (Å²) in [5.74, 6) is 0.0460. The number of amides is 1. The van der Waals surface area contributed by atoms with Crippen LogP contribution in [0.25, 0.3) is 0 Å². The number of hydrogen-bond donors (Lipinski definition) is 2. The molecule has 0 radical (unpaired) electrons. The Morgan fingerprint density at radius 2 is 2.06 bits per heavy atom. The van der Waals surface area contributed by atoms with E-state index in [9.17, 15) is 9.90 Å². The minimum atomic E-state index is -0.190. The summed E-state index contributed by atoms with van der Waals surface area (Å²) < 4.78 is 0. The Labute approximate surface area is 104 Å². The fraction of sp³-hybridized carbons (Fsp3) is 0.923. The molecule has 1 saturated heterocycles. The van der Waals surface area contributed by atoms with Gasteiger partial charge in [-0.1, -0.05) is 6.42 Å². The number of likely N-dealkylation sites (tertiary alicyclic amines) is 1. The van der Waals surface area contributed by atoms with Gasteiger partial charge >= 0.3 is 0 Å². The Morgan fingerprint density at radius 1 is 1.41 bits per heavy atom. The molecule has 0 aromatic carbocycles. The van der Waals surface area contributed by atoms with Crippen LogP contribution in [0.5, 0.6) is 0 Å². The van der Waals surface area contributed by atoms with Crippen LogP contribution in [-0.2, 0) is 4.79 Å². The van der Waals surface area contributed by atoms with Gasteiger partial charge in [-0.2, -0.15) is 0 Å². The molecule has 0 aromatic heterocycles. The maximum atomic E-state index is 11.9. The van der Waals surface area contributed by atoms with Gasteiger partial charge in [0.05, 0.1) is 13.2 Å². The minimum absolute atomic E-state index is 0.0460. The average Bonchev–Trinajstić information content (AvgIpc) is 2.18. The van der Waals surface area contributed by atoms with Gasteiger partial charge in [0.15, 0.2) is 0 Å². The highest BCUT2D eigenvalue weighted by Crippen LogP contribution is 2.22. The average molecular weight is 242 g/mol. The Bertz CT molecular complexity index is 261. The van der Waals surface area contributed by atoms with Crippen molar-refractivity contribution >= 4 is 5.91 Å². The molecule has 0 spiro atoms. The zero-order valence-electron chi connectivity index (χ0n) is 11.5. The van der Waals surface area contributed by atoms with E-state index in [-0.39, 0.29) is 24.1 Å².